The van der Waals surface area contributed by atoms with Gasteiger partial charge in [0.2, 0.25) is 0 Å². The summed E-state index contributed by atoms with van der Waals surface area (Å²) in [5, 5.41) is 2.23. The molecule has 0 aliphatic heterocycles. The molecule has 1 aromatic rings. The van der Waals surface area contributed by atoms with Crippen LogP contribution in [0, 0.1) is 0 Å². The van der Waals surface area contributed by atoms with Crippen LogP contribution < -0.4 is 5.32 Å². The Kier molecular flexibility index (Phi) is 6.46. The first kappa shape index (κ1) is 19.3. The second-order valence-electron chi connectivity index (χ2n) is 4.01. The van der Waals surface area contributed by atoms with E-state index in [9.17, 15) is 22.8 Å². The number of methoxy groups -OCH3 is 2. The lowest BCUT2D eigenvalue weighted by molar-refractivity contribution is -0.138. The van der Waals surface area contributed by atoms with Crippen LogP contribution >= 0.6 is 27.5 Å². The highest BCUT2D eigenvalue weighted by molar-refractivity contribution is 9.10. The summed E-state index contributed by atoms with van der Waals surface area (Å²) in [4.78, 5) is 22.8. The average Bonchev–Trinajstić information content (AvgIpc) is 2.46. The standard InChI is InChI=1S/C13H10BrClF3NO4/c1-22-11(20)5-10(12(21)23-2)19-9-3-6(13(16,17)18)7(14)4-8(9)15/h3-5,19H,1-2H3/b10-5+. The molecule has 0 spiro atoms. The van der Waals surface area contributed by atoms with E-state index < -0.39 is 29.4 Å². The zero-order chi connectivity index (χ0) is 17.8. The normalized spacial score (nSPS) is 11.9. The number of ether oxygens (including phenoxy) is 2. The summed E-state index contributed by atoms with van der Waals surface area (Å²) in [6.45, 7) is 0. The molecule has 0 bridgehead atoms. The molecule has 0 aliphatic rings. The lowest BCUT2D eigenvalue weighted by Gasteiger charge is -2.15. The number of hydrogen-bond donors (Lipinski definition) is 1. The van der Waals surface area contributed by atoms with Crippen LogP contribution in [-0.4, -0.2) is 26.2 Å². The Labute approximate surface area is 142 Å². The van der Waals surface area contributed by atoms with Crippen LogP contribution in [0.2, 0.25) is 5.02 Å². The molecule has 1 aromatic carbocycles. The average molecular weight is 417 g/mol. The van der Waals surface area contributed by atoms with Crippen molar-refractivity contribution in [2.45, 2.75) is 6.18 Å². The van der Waals surface area contributed by atoms with Crippen LogP contribution in [0.1, 0.15) is 5.56 Å². The SMILES string of the molecule is COC(=O)/C=C(/Nc1cc(C(F)(F)F)c(Br)cc1Cl)C(=O)OC. The van der Waals surface area contributed by atoms with Gasteiger partial charge in [-0.2, -0.15) is 13.2 Å². The van der Waals surface area contributed by atoms with Crippen molar-refractivity contribution in [3.63, 3.8) is 0 Å². The van der Waals surface area contributed by atoms with Crippen molar-refractivity contribution >= 4 is 45.2 Å². The third-order valence-electron chi connectivity index (χ3n) is 2.50. The first-order chi connectivity index (χ1) is 10.6. The maximum absolute atomic E-state index is 12.9. The summed E-state index contributed by atoms with van der Waals surface area (Å²) >= 11 is 8.62. The highest BCUT2D eigenvalue weighted by Crippen LogP contribution is 2.39. The fourth-order valence-corrected chi connectivity index (χ4v) is 2.35. The molecule has 0 aliphatic carbocycles. The highest BCUT2D eigenvalue weighted by atomic mass is 79.9. The second-order valence-corrected chi connectivity index (χ2v) is 5.27. The van der Waals surface area contributed by atoms with Gasteiger partial charge in [-0.15, -0.1) is 0 Å². The zero-order valence-corrected chi connectivity index (χ0v) is 14.1. The molecule has 23 heavy (non-hydrogen) atoms. The van der Waals surface area contributed by atoms with Crippen LogP contribution in [0.4, 0.5) is 18.9 Å². The van der Waals surface area contributed by atoms with Gasteiger partial charge >= 0.3 is 18.1 Å². The van der Waals surface area contributed by atoms with Gasteiger partial charge in [0.25, 0.3) is 0 Å². The van der Waals surface area contributed by atoms with Crippen LogP contribution in [0.25, 0.3) is 0 Å². The van der Waals surface area contributed by atoms with Gasteiger partial charge in [-0.25, -0.2) is 9.59 Å². The summed E-state index contributed by atoms with van der Waals surface area (Å²) in [5.74, 6) is -1.88. The predicted octanol–water partition coefficient (Wildman–Crippen LogP) is 3.76. The van der Waals surface area contributed by atoms with Crippen molar-refractivity contribution in [3.05, 3.63) is 39.0 Å². The summed E-state index contributed by atoms with van der Waals surface area (Å²) in [6.07, 6.45) is -3.91. The quantitative estimate of drug-likeness (QED) is 0.598. The van der Waals surface area contributed by atoms with Crippen LogP contribution in [0.15, 0.2) is 28.4 Å². The van der Waals surface area contributed by atoms with E-state index in [0.29, 0.717) is 6.07 Å². The Morgan fingerprint density at radius 2 is 1.87 bits per heavy atom. The Bertz CT molecular complexity index is 661. The van der Waals surface area contributed by atoms with E-state index in [-0.39, 0.29) is 15.2 Å². The lowest BCUT2D eigenvalue weighted by atomic mass is 10.2. The molecule has 0 saturated heterocycles. The monoisotopic (exact) mass is 415 g/mol. The number of benzene rings is 1. The van der Waals surface area contributed by atoms with Crippen molar-refractivity contribution < 1.29 is 32.2 Å². The number of alkyl halides is 3. The topological polar surface area (TPSA) is 64.6 Å². The number of hydrogen-bond acceptors (Lipinski definition) is 5. The summed E-state index contributed by atoms with van der Waals surface area (Å²) in [7, 11) is 2.11. The minimum atomic E-state index is -4.64. The van der Waals surface area contributed by atoms with E-state index in [2.05, 4.69) is 30.7 Å². The first-order valence-corrected chi connectivity index (χ1v) is 6.98. The number of nitrogens with one attached hydrogen (secondary N) is 1. The minimum Gasteiger partial charge on any atom is -0.466 e. The molecule has 5 nitrogen and oxygen atoms in total. The molecule has 10 heteroatoms. The zero-order valence-electron chi connectivity index (χ0n) is 11.8. The van der Waals surface area contributed by atoms with Gasteiger partial charge in [-0.05, 0) is 12.1 Å². The highest BCUT2D eigenvalue weighted by Gasteiger charge is 2.34. The molecule has 1 N–H and O–H groups in total. The van der Waals surface area contributed by atoms with Crippen molar-refractivity contribution in [1.82, 2.24) is 0 Å². The first-order valence-electron chi connectivity index (χ1n) is 5.81. The molecule has 0 fully saturated rings. The molecular formula is C13H10BrClF3NO4. The van der Waals surface area contributed by atoms with Gasteiger partial charge in [-0.1, -0.05) is 27.5 Å². The third-order valence-corrected chi connectivity index (χ3v) is 3.47. The van der Waals surface area contributed by atoms with Gasteiger partial charge in [0.15, 0.2) is 0 Å². The number of carbonyl (C=O) groups is 2. The van der Waals surface area contributed by atoms with Crippen molar-refractivity contribution in [3.8, 4) is 0 Å². The molecule has 0 saturated carbocycles. The fourth-order valence-electron chi connectivity index (χ4n) is 1.44. The van der Waals surface area contributed by atoms with Gasteiger partial charge in [0, 0.05) is 4.47 Å². The van der Waals surface area contributed by atoms with Crippen LogP contribution in [0.5, 0.6) is 0 Å². The minimum absolute atomic E-state index is 0.107. The van der Waals surface area contributed by atoms with Gasteiger partial charge in [-0.3, -0.25) is 0 Å². The van der Waals surface area contributed by atoms with Crippen molar-refractivity contribution in [2.75, 3.05) is 19.5 Å². The maximum Gasteiger partial charge on any atom is 0.417 e. The Hall–Kier alpha value is -1.74. The largest absolute Gasteiger partial charge is 0.466 e. The number of anilines is 1. The van der Waals surface area contributed by atoms with E-state index in [1.54, 1.807) is 0 Å². The van der Waals surface area contributed by atoms with E-state index >= 15 is 0 Å². The molecule has 0 heterocycles. The lowest BCUT2D eigenvalue weighted by Crippen LogP contribution is -2.16. The number of esters is 2. The van der Waals surface area contributed by atoms with Gasteiger partial charge < -0.3 is 14.8 Å². The summed E-state index contributed by atoms with van der Waals surface area (Å²) in [5.41, 5.74) is -1.67. The predicted molar refractivity (Wildman–Crippen MR) is 79.9 cm³/mol. The van der Waals surface area contributed by atoms with Gasteiger partial charge in [0.05, 0.1) is 36.6 Å². The maximum atomic E-state index is 12.9. The molecule has 0 atom stereocenters. The molecule has 0 aromatic heterocycles. The van der Waals surface area contributed by atoms with Gasteiger partial charge in [0.1, 0.15) is 5.70 Å². The van der Waals surface area contributed by atoms with Crippen molar-refractivity contribution in [2.24, 2.45) is 0 Å². The van der Waals surface area contributed by atoms with E-state index in [0.717, 1.165) is 26.4 Å². The molecule has 126 valence electrons. The molecule has 0 unspecified atom stereocenters. The van der Waals surface area contributed by atoms with E-state index in [1.165, 1.54) is 0 Å². The Morgan fingerprint density at radius 1 is 1.26 bits per heavy atom. The Morgan fingerprint density at radius 3 is 2.35 bits per heavy atom. The van der Waals surface area contributed by atoms with Crippen LogP contribution in [0.3, 0.4) is 0 Å². The Balaban J connectivity index is 3.31. The second kappa shape index (κ2) is 7.69. The molecule has 1 rings (SSSR count). The van der Waals surface area contributed by atoms with E-state index in [4.69, 9.17) is 11.6 Å². The third kappa shape index (κ3) is 5.14. The summed E-state index contributed by atoms with van der Waals surface area (Å²) < 4.78 is 47.2. The summed E-state index contributed by atoms with van der Waals surface area (Å²) in [6, 6.07) is 1.71. The number of rotatable bonds is 4. The smallest absolute Gasteiger partial charge is 0.417 e. The molecule has 0 radical (unpaired) electrons. The number of halogens is 5. The van der Waals surface area contributed by atoms with Crippen LogP contribution in [-0.2, 0) is 25.2 Å². The van der Waals surface area contributed by atoms with Crippen molar-refractivity contribution in [1.29, 1.82) is 0 Å². The van der Waals surface area contributed by atoms with E-state index in [1.807, 2.05) is 0 Å². The fraction of sp³-hybridized carbons (Fsp3) is 0.231. The molecular weight excluding hydrogens is 406 g/mol. The number of carbonyl (C=O) groups excluding carboxylic acids is 2. The molecule has 0 amide bonds.